The van der Waals surface area contributed by atoms with Crippen LogP contribution in [-0.2, 0) is 0 Å². The molecular weight excluding hydrogens is 533 g/mol. The second-order valence-corrected chi connectivity index (χ2v) is 17.0. The molecule has 0 heterocycles. The number of allylic oxidation sites excluding steroid dienone is 2. The molecule has 0 atom stereocenters. The number of benzene rings is 6. The minimum atomic E-state index is -2.22. The van der Waals surface area contributed by atoms with Crippen LogP contribution in [0.15, 0.2) is 132 Å². The van der Waals surface area contributed by atoms with Gasteiger partial charge in [0.2, 0.25) is 0 Å². The molecule has 0 fully saturated rings. The highest BCUT2D eigenvalue weighted by atomic mass is 28.3. The van der Waals surface area contributed by atoms with E-state index in [-0.39, 0.29) is 0 Å². The Morgan fingerprint density at radius 3 is 1.28 bits per heavy atom. The molecule has 206 valence electrons. The number of hydrogen-bond donors (Lipinski definition) is 0. The first kappa shape index (κ1) is 26.2. The fourth-order valence-corrected chi connectivity index (χ4v) is 10.8. The van der Waals surface area contributed by atoms with E-state index in [0.29, 0.717) is 0 Å². The lowest BCUT2D eigenvalue weighted by atomic mass is 9.93. The summed E-state index contributed by atoms with van der Waals surface area (Å²) in [5.41, 5.74) is 13.7. The Kier molecular flexibility index (Phi) is 5.96. The predicted octanol–water partition coefficient (Wildman–Crippen LogP) is 9.59. The highest BCUT2D eigenvalue weighted by Gasteiger charge is 2.37. The molecule has 2 radical (unpaired) electrons. The minimum absolute atomic E-state index is 1.29. The SMILES string of the molecule is CC1=C(c2cccc3ccccc23)c2c(cccc2[Si](C)(C)c2cccc3c2C(c2cccc4ccccc24)=C(C)[CH]3)[CH]1. The van der Waals surface area contributed by atoms with Gasteiger partial charge in [0.05, 0.1) is 0 Å². The van der Waals surface area contributed by atoms with Gasteiger partial charge in [-0.2, -0.15) is 0 Å². The quantitative estimate of drug-likeness (QED) is 0.186. The largest absolute Gasteiger partial charge is 0.113 e. The summed E-state index contributed by atoms with van der Waals surface area (Å²) in [5, 5.41) is 8.25. The summed E-state index contributed by atoms with van der Waals surface area (Å²) in [6, 6.07) is 45.1. The maximum atomic E-state index is 2.56. The van der Waals surface area contributed by atoms with Crippen molar-refractivity contribution in [1.29, 1.82) is 0 Å². The fraction of sp³-hybridized carbons (Fsp3) is 0.0952. The lowest BCUT2D eigenvalue weighted by Crippen LogP contribution is -2.55. The van der Waals surface area contributed by atoms with Crippen molar-refractivity contribution in [3.8, 4) is 0 Å². The normalized spacial score (nSPS) is 14.6. The van der Waals surface area contributed by atoms with Crippen molar-refractivity contribution < 1.29 is 0 Å². The second-order valence-electron chi connectivity index (χ2n) is 12.6. The predicted molar refractivity (Wildman–Crippen MR) is 188 cm³/mol. The highest BCUT2D eigenvalue weighted by molar-refractivity contribution is 7.01. The van der Waals surface area contributed by atoms with Crippen molar-refractivity contribution in [2.45, 2.75) is 26.9 Å². The Labute approximate surface area is 256 Å². The van der Waals surface area contributed by atoms with Gasteiger partial charge in [-0.25, -0.2) is 0 Å². The zero-order valence-electron chi connectivity index (χ0n) is 25.2. The van der Waals surface area contributed by atoms with Crippen LogP contribution in [0.25, 0.3) is 32.7 Å². The summed E-state index contributed by atoms with van der Waals surface area (Å²) >= 11 is 0. The maximum Gasteiger partial charge on any atom is 0.113 e. The van der Waals surface area contributed by atoms with E-state index in [1.165, 1.54) is 87.6 Å². The third-order valence-corrected chi connectivity index (χ3v) is 13.2. The Bertz CT molecular complexity index is 2010. The third-order valence-electron chi connectivity index (χ3n) is 9.69. The van der Waals surface area contributed by atoms with Crippen LogP contribution >= 0.6 is 0 Å². The molecule has 0 saturated carbocycles. The van der Waals surface area contributed by atoms with Gasteiger partial charge in [0.1, 0.15) is 8.07 Å². The Hall–Kier alpha value is -4.46. The lowest BCUT2D eigenvalue weighted by molar-refractivity contribution is 1.44. The average molecular weight is 567 g/mol. The van der Waals surface area contributed by atoms with E-state index in [9.17, 15) is 0 Å². The van der Waals surface area contributed by atoms with E-state index in [1.807, 2.05) is 0 Å². The molecule has 0 amide bonds. The molecule has 0 spiro atoms. The van der Waals surface area contributed by atoms with Gasteiger partial charge in [0.25, 0.3) is 0 Å². The van der Waals surface area contributed by atoms with Crippen molar-refractivity contribution in [2.24, 2.45) is 0 Å². The summed E-state index contributed by atoms with van der Waals surface area (Å²) in [7, 11) is -2.22. The molecular formula is C42H34Si. The van der Waals surface area contributed by atoms with Crippen molar-refractivity contribution in [2.75, 3.05) is 0 Å². The Morgan fingerprint density at radius 2 is 0.814 bits per heavy atom. The van der Waals surface area contributed by atoms with Gasteiger partial charge in [-0.1, -0.05) is 146 Å². The summed E-state index contributed by atoms with van der Waals surface area (Å²) in [6.07, 6.45) is 4.80. The molecule has 6 aromatic carbocycles. The molecule has 0 aliphatic heterocycles. The number of rotatable bonds is 4. The summed E-state index contributed by atoms with van der Waals surface area (Å²) in [5.74, 6) is 0. The summed E-state index contributed by atoms with van der Waals surface area (Å²) < 4.78 is 0. The van der Waals surface area contributed by atoms with Gasteiger partial charge in [0.15, 0.2) is 0 Å². The molecule has 0 bridgehead atoms. The van der Waals surface area contributed by atoms with Gasteiger partial charge >= 0.3 is 0 Å². The van der Waals surface area contributed by atoms with E-state index in [1.54, 1.807) is 0 Å². The van der Waals surface area contributed by atoms with Gasteiger partial charge in [0, 0.05) is 12.8 Å². The first-order valence-electron chi connectivity index (χ1n) is 15.3. The molecule has 0 saturated heterocycles. The van der Waals surface area contributed by atoms with Crippen LogP contribution in [0, 0.1) is 12.8 Å². The van der Waals surface area contributed by atoms with Crippen molar-refractivity contribution in [1.82, 2.24) is 0 Å². The van der Waals surface area contributed by atoms with Gasteiger partial charge < -0.3 is 0 Å². The molecule has 8 rings (SSSR count). The maximum absolute atomic E-state index is 2.56. The lowest BCUT2D eigenvalue weighted by Gasteiger charge is -2.30. The van der Waals surface area contributed by atoms with Crippen LogP contribution < -0.4 is 10.4 Å². The van der Waals surface area contributed by atoms with Gasteiger partial charge in [-0.3, -0.25) is 0 Å². The van der Waals surface area contributed by atoms with Crippen LogP contribution in [0.4, 0.5) is 0 Å². The average Bonchev–Trinajstić information content (AvgIpc) is 3.55. The van der Waals surface area contributed by atoms with E-state index >= 15 is 0 Å². The van der Waals surface area contributed by atoms with E-state index in [2.05, 4.69) is 161 Å². The molecule has 2 aliphatic rings. The van der Waals surface area contributed by atoms with Crippen molar-refractivity contribution in [3.05, 3.63) is 179 Å². The van der Waals surface area contributed by atoms with Gasteiger partial charge in [-0.05, 0) is 90.3 Å². The van der Waals surface area contributed by atoms with Crippen molar-refractivity contribution in [3.63, 3.8) is 0 Å². The third kappa shape index (κ3) is 3.95. The molecule has 0 N–H and O–H groups in total. The topological polar surface area (TPSA) is 0 Å². The number of fused-ring (bicyclic) bond motifs is 4. The zero-order chi connectivity index (χ0) is 29.3. The monoisotopic (exact) mass is 566 g/mol. The summed E-state index contributed by atoms with van der Waals surface area (Å²) in [4.78, 5) is 0. The Morgan fingerprint density at radius 1 is 0.419 bits per heavy atom. The minimum Gasteiger partial charge on any atom is -0.0620 e. The fourth-order valence-electron chi connectivity index (χ4n) is 7.71. The zero-order valence-corrected chi connectivity index (χ0v) is 26.2. The molecule has 1 heteroatoms. The molecule has 0 unspecified atom stereocenters. The van der Waals surface area contributed by atoms with Crippen LogP contribution in [0.5, 0.6) is 0 Å². The first-order chi connectivity index (χ1) is 20.9. The summed E-state index contributed by atoms with van der Waals surface area (Å²) in [6.45, 7) is 9.69. The smallest absolute Gasteiger partial charge is 0.0620 e. The number of hydrogen-bond acceptors (Lipinski definition) is 0. The van der Waals surface area contributed by atoms with Crippen LogP contribution in [0.2, 0.25) is 13.1 Å². The van der Waals surface area contributed by atoms with E-state index < -0.39 is 8.07 Å². The van der Waals surface area contributed by atoms with Crippen LogP contribution in [0.1, 0.15) is 47.2 Å². The Balaban J connectivity index is 1.35. The standard InChI is InChI=1S/C42H34Si/c1-27-25-31-17-11-23-37(41(31)39(27)35-21-9-15-29-13-5-7-19-33(29)35)43(3,4)38-24-12-18-32-26-28(2)40(42(32)38)36-22-10-16-30-14-6-8-20-34(30)36/h5-26H,1-4H3. The first-order valence-corrected chi connectivity index (χ1v) is 18.3. The van der Waals surface area contributed by atoms with Gasteiger partial charge in [-0.15, -0.1) is 0 Å². The molecule has 2 aliphatic carbocycles. The van der Waals surface area contributed by atoms with E-state index in [0.717, 1.165) is 0 Å². The van der Waals surface area contributed by atoms with Crippen LogP contribution in [-0.4, -0.2) is 8.07 Å². The molecule has 0 aromatic heterocycles. The second kappa shape index (κ2) is 9.79. The molecule has 43 heavy (non-hydrogen) atoms. The van der Waals surface area contributed by atoms with Crippen LogP contribution in [0.3, 0.4) is 0 Å². The van der Waals surface area contributed by atoms with Crippen molar-refractivity contribution >= 4 is 51.1 Å². The van der Waals surface area contributed by atoms with E-state index in [4.69, 9.17) is 0 Å². The molecule has 0 nitrogen and oxygen atoms in total. The highest BCUT2D eigenvalue weighted by Crippen LogP contribution is 2.43. The molecule has 6 aromatic rings.